The van der Waals surface area contributed by atoms with E-state index in [1.54, 1.807) is 0 Å². The minimum absolute atomic E-state index is 0.780. The molecule has 0 saturated heterocycles. The van der Waals surface area contributed by atoms with Gasteiger partial charge < -0.3 is 11.1 Å². The predicted octanol–water partition coefficient (Wildman–Crippen LogP) is 4.43. The first kappa shape index (κ1) is 12.8. The lowest BCUT2D eigenvalue weighted by molar-refractivity contribution is 1.40. The van der Waals surface area contributed by atoms with Crippen molar-refractivity contribution in [2.45, 2.75) is 18.7 Å². The summed E-state index contributed by atoms with van der Waals surface area (Å²) in [6, 6.07) is 14.4. The second-order valence-electron chi connectivity index (χ2n) is 4.12. The van der Waals surface area contributed by atoms with E-state index in [9.17, 15) is 0 Å². The van der Waals surface area contributed by atoms with Crippen LogP contribution in [0.3, 0.4) is 0 Å². The van der Waals surface area contributed by atoms with Crippen molar-refractivity contribution in [3.8, 4) is 0 Å². The molecule has 0 amide bonds. The molecule has 0 atom stereocenters. The molecule has 0 heterocycles. The minimum Gasteiger partial charge on any atom is -0.397 e. The standard InChI is InChI=1S/C15H18N2S/c1-3-18-13-9-7-12(8-10-13)17-15-11(2)5-4-6-14(15)16/h4-10,17H,3,16H2,1-2H3. The molecule has 0 saturated carbocycles. The van der Waals surface area contributed by atoms with Gasteiger partial charge in [-0.05, 0) is 48.6 Å². The molecule has 0 radical (unpaired) electrons. The Bertz CT molecular complexity index is 500. The van der Waals surface area contributed by atoms with Crippen molar-refractivity contribution in [3.05, 3.63) is 48.0 Å². The van der Waals surface area contributed by atoms with E-state index in [2.05, 4.69) is 49.5 Å². The van der Waals surface area contributed by atoms with Gasteiger partial charge in [-0.15, -0.1) is 11.8 Å². The molecule has 94 valence electrons. The molecule has 2 rings (SSSR count). The van der Waals surface area contributed by atoms with Crippen molar-refractivity contribution in [2.75, 3.05) is 16.8 Å². The maximum absolute atomic E-state index is 5.98. The summed E-state index contributed by atoms with van der Waals surface area (Å²) in [5.41, 5.74) is 9.97. The van der Waals surface area contributed by atoms with Gasteiger partial charge in [0, 0.05) is 10.6 Å². The Morgan fingerprint density at radius 1 is 1.11 bits per heavy atom. The quantitative estimate of drug-likeness (QED) is 0.629. The van der Waals surface area contributed by atoms with Crippen LogP contribution < -0.4 is 11.1 Å². The molecule has 0 aliphatic heterocycles. The third kappa shape index (κ3) is 2.99. The van der Waals surface area contributed by atoms with Gasteiger partial charge in [-0.2, -0.15) is 0 Å². The number of para-hydroxylation sites is 1. The van der Waals surface area contributed by atoms with Gasteiger partial charge in [0.25, 0.3) is 0 Å². The third-order valence-electron chi connectivity index (χ3n) is 2.74. The van der Waals surface area contributed by atoms with E-state index in [0.29, 0.717) is 0 Å². The molecule has 3 heteroatoms. The fourth-order valence-electron chi connectivity index (χ4n) is 1.81. The van der Waals surface area contributed by atoms with E-state index in [0.717, 1.165) is 28.4 Å². The third-order valence-corrected chi connectivity index (χ3v) is 3.63. The zero-order chi connectivity index (χ0) is 13.0. The molecule has 0 fully saturated rings. The molecule has 0 aliphatic rings. The Labute approximate surface area is 113 Å². The molecule has 3 N–H and O–H groups in total. The molecule has 2 aromatic carbocycles. The second kappa shape index (κ2) is 5.83. The summed E-state index contributed by atoms with van der Waals surface area (Å²) in [7, 11) is 0. The van der Waals surface area contributed by atoms with Crippen molar-refractivity contribution in [2.24, 2.45) is 0 Å². The first-order valence-electron chi connectivity index (χ1n) is 6.05. The van der Waals surface area contributed by atoms with Crippen LogP contribution in [0.1, 0.15) is 12.5 Å². The average Bonchev–Trinajstić information content (AvgIpc) is 2.36. The van der Waals surface area contributed by atoms with E-state index in [1.165, 1.54) is 4.90 Å². The van der Waals surface area contributed by atoms with Crippen LogP contribution in [0.5, 0.6) is 0 Å². The number of benzene rings is 2. The molecule has 0 unspecified atom stereocenters. The van der Waals surface area contributed by atoms with E-state index in [1.807, 2.05) is 23.9 Å². The zero-order valence-electron chi connectivity index (χ0n) is 10.7. The number of nitrogens with one attached hydrogen (secondary N) is 1. The highest BCUT2D eigenvalue weighted by Gasteiger charge is 2.02. The number of nitrogens with two attached hydrogens (primary N) is 1. The van der Waals surface area contributed by atoms with E-state index in [-0.39, 0.29) is 0 Å². The first-order valence-corrected chi connectivity index (χ1v) is 7.04. The molecule has 0 bridgehead atoms. The minimum atomic E-state index is 0.780. The van der Waals surface area contributed by atoms with E-state index >= 15 is 0 Å². The highest BCUT2D eigenvalue weighted by atomic mass is 32.2. The van der Waals surface area contributed by atoms with E-state index in [4.69, 9.17) is 5.73 Å². The number of hydrogen-bond acceptors (Lipinski definition) is 3. The fourth-order valence-corrected chi connectivity index (χ4v) is 2.47. The largest absolute Gasteiger partial charge is 0.397 e. The van der Waals surface area contributed by atoms with Gasteiger partial charge in [0.05, 0.1) is 11.4 Å². The first-order chi connectivity index (χ1) is 8.70. The van der Waals surface area contributed by atoms with Gasteiger partial charge in [0.15, 0.2) is 0 Å². The van der Waals surface area contributed by atoms with Gasteiger partial charge >= 0.3 is 0 Å². The number of rotatable bonds is 4. The molecule has 2 aromatic rings. The summed E-state index contributed by atoms with van der Waals surface area (Å²) in [5, 5.41) is 3.38. The van der Waals surface area contributed by atoms with Crippen LogP contribution in [0.4, 0.5) is 17.1 Å². The van der Waals surface area contributed by atoms with Crippen LogP contribution in [-0.4, -0.2) is 5.75 Å². The summed E-state index contributed by atoms with van der Waals surface area (Å²) >= 11 is 1.84. The maximum atomic E-state index is 5.98. The fraction of sp³-hybridized carbons (Fsp3) is 0.200. The number of thioether (sulfide) groups is 1. The molecule has 18 heavy (non-hydrogen) atoms. The van der Waals surface area contributed by atoms with Gasteiger partial charge in [-0.25, -0.2) is 0 Å². The Balaban J connectivity index is 2.18. The van der Waals surface area contributed by atoms with Crippen LogP contribution in [-0.2, 0) is 0 Å². The van der Waals surface area contributed by atoms with Crippen molar-refractivity contribution in [3.63, 3.8) is 0 Å². The average molecular weight is 258 g/mol. The second-order valence-corrected chi connectivity index (χ2v) is 5.46. The van der Waals surface area contributed by atoms with Crippen molar-refractivity contribution < 1.29 is 0 Å². The van der Waals surface area contributed by atoms with Gasteiger partial charge in [0.1, 0.15) is 0 Å². The Hall–Kier alpha value is -1.61. The lowest BCUT2D eigenvalue weighted by Gasteiger charge is -2.12. The molecular weight excluding hydrogens is 240 g/mol. The van der Waals surface area contributed by atoms with Gasteiger partial charge in [0.2, 0.25) is 0 Å². The molecule has 0 aromatic heterocycles. The molecule has 2 nitrogen and oxygen atoms in total. The highest BCUT2D eigenvalue weighted by molar-refractivity contribution is 7.99. The summed E-state index contributed by atoms with van der Waals surface area (Å²) in [6.45, 7) is 4.21. The number of anilines is 3. The lowest BCUT2D eigenvalue weighted by atomic mass is 10.1. The monoisotopic (exact) mass is 258 g/mol. The highest BCUT2D eigenvalue weighted by Crippen LogP contribution is 2.28. The number of hydrogen-bond donors (Lipinski definition) is 2. The summed E-state index contributed by atoms with van der Waals surface area (Å²) in [4.78, 5) is 1.29. The molecule has 0 aliphatic carbocycles. The van der Waals surface area contributed by atoms with Gasteiger partial charge in [-0.3, -0.25) is 0 Å². The topological polar surface area (TPSA) is 38.0 Å². The summed E-state index contributed by atoms with van der Waals surface area (Å²) in [5.74, 6) is 1.09. The molecular formula is C15H18N2S. The van der Waals surface area contributed by atoms with Crippen LogP contribution in [0, 0.1) is 6.92 Å². The maximum Gasteiger partial charge on any atom is 0.0647 e. The Kier molecular flexibility index (Phi) is 4.15. The van der Waals surface area contributed by atoms with Crippen LogP contribution in [0.15, 0.2) is 47.4 Å². The Morgan fingerprint density at radius 3 is 2.44 bits per heavy atom. The number of aryl methyl sites for hydroxylation is 1. The van der Waals surface area contributed by atoms with Crippen molar-refractivity contribution >= 4 is 28.8 Å². The summed E-state index contributed by atoms with van der Waals surface area (Å²) in [6.07, 6.45) is 0. The Morgan fingerprint density at radius 2 is 1.83 bits per heavy atom. The smallest absolute Gasteiger partial charge is 0.0647 e. The number of nitrogen functional groups attached to an aromatic ring is 1. The van der Waals surface area contributed by atoms with Crippen LogP contribution >= 0.6 is 11.8 Å². The van der Waals surface area contributed by atoms with Crippen molar-refractivity contribution in [1.29, 1.82) is 0 Å². The molecule has 0 spiro atoms. The normalized spacial score (nSPS) is 10.3. The van der Waals surface area contributed by atoms with Crippen LogP contribution in [0.2, 0.25) is 0 Å². The SMILES string of the molecule is CCSc1ccc(Nc2c(C)cccc2N)cc1. The van der Waals surface area contributed by atoms with Crippen LogP contribution in [0.25, 0.3) is 0 Å². The van der Waals surface area contributed by atoms with Gasteiger partial charge in [-0.1, -0.05) is 19.1 Å². The van der Waals surface area contributed by atoms with E-state index < -0.39 is 0 Å². The summed E-state index contributed by atoms with van der Waals surface area (Å²) < 4.78 is 0. The predicted molar refractivity (Wildman–Crippen MR) is 81.7 cm³/mol. The zero-order valence-corrected chi connectivity index (χ0v) is 11.6. The lowest BCUT2D eigenvalue weighted by Crippen LogP contribution is -1.98. The van der Waals surface area contributed by atoms with Crippen molar-refractivity contribution in [1.82, 2.24) is 0 Å².